The monoisotopic (exact) mass is 872 g/mol. The Kier molecular flexibility index (Phi) is 51.3. The average Bonchev–Trinajstić information content (AvgIpc) is 3.27. The minimum Gasteiger partial charge on any atom is -0.302 e. The van der Waals surface area contributed by atoms with Gasteiger partial charge in [0.05, 0.1) is 0 Å². The van der Waals surface area contributed by atoms with Crippen molar-refractivity contribution in [3.05, 3.63) is 12.2 Å². The average molecular weight is 873 g/mol. The first-order chi connectivity index (χ1) is 30.5. The van der Waals surface area contributed by atoms with E-state index in [9.17, 15) is 0 Å². The summed E-state index contributed by atoms with van der Waals surface area (Å²) in [6, 6.07) is 0. The van der Waals surface area contributed by atoms with Crippen molar-refractivity contribution in [3.63, 3.8) is 0 Å². The van der Waals surface area contributed by atoms with Crippen LogP contribution in [-0.4, -0.2) is 73.6 Å². The highest BCUT2D eigenvalue weighted by Gasteiger charge is 2.15. The summed E-state index contributed by atoms with van der Waals surface area (Å²) >= 11 is 0. The van der Waals surface area contributed by atoms with Crippen LogP contribution < -0.4 is 0 Å². The van der Waals surface area contributed by atoms with Gasteiger partial charge in [0.15, 0.2) is 0 Å². The Balaban J connectivity index is 5.26. The SMILES string of the molecule is C=C(CCCC(CCC)CCN(CCCCCCCCC)CCN(CCCCCCCCC)CCCCCCCCC)CN(CCCCCCCCC)CCCCCCCCC. The van der Waals surface area contributed by atoms with Crippen LogP contribution in [0, 0.1) is 5.92 Å². The van der Waals surface area contributed by atoms with Crippen LogP contribution in [0.3, 0.4) is 0 Å². The lowest BCUT2D eigenvalue weighted by atomic mass is 9.92. The van der Waals surface area contributed by atoms with Crippen LogP contribution >= 0.6 is 0 Å². The van der Waals surface area contributed by atoms with E-state index in [1.165, 1.54) is 321 Å². The molecular formula is C59H121N3. The van der Waals surface area contributed by atoms with Gasteiger partial charge < -0.3 is 9.80 Å². The number of hydrogen-bond donors (Lipinski definition) is 0. The Labute approximate surface area is 394 Å². The van der Waals surface area contributed by atoms with Crippen molar-refractivity contribution in [2.75, 3.05) is 58.9 Å². The lowest BCUT2D eigenvalue weighted by molar-refractivity contribution is 0.184. The maximum atomic E-state index is 4.71. The molecule has 0 fully saturated rings. The zero-order valence-electron chi connectivity index (χ0n) is 44.5. The third kappa shape index (κ3) is 44.8. The molecule has 372 valence electrons. The Morgan fingerprint density at radius 1 is 0.274 bits per heavy atom. The lowest BCUT2D eigenvalue weighted by Gasteiger charge is -2.29. The third-order valence-corrected chi connectivity index (χ3v) is 14.3. The molecule has 0 N–H and O–H groups in total. The van der Waals surface area contributed by atoms with Crippen molar-refractivity contribution in [3.8, 4) is 0 Å². The fourth-order valence-electron chi connectivity index (χ4n) is 9.93. The normalized spacial score (nSPS) is 12.5. The quantitative estimate of drug-likeness (QED) is 0.0445. The fourth-order valence-corrected chi connectivity index (χ4v) is 9.93. The molecule has 0 radical (unpaired) electrons. The standard InChI is InChI=1S/C59H121N3/c1-8-14-19-24-29-34-39-49-60(50-40-35-30-25-20-15-9-2)55-56-61(51-41-36-31-26-21-16-10-3)54-48-59(45-13-6)47-44-46-58(7)57-62(52-42-37-32-27-22-17-11-4)53-43-38-33-28-23-18-12-5/h59H,7-57H2,1-6H3. The molecule has 0 spiro atoms. The first kappa shape index (κ1) is 61.6. The van der Waals surface area contributed by atoms with Gasteiger partial charge in [0, 0.05) is 19.6 Å². The largest absolute Gasteiger partial charge is 0.302 e. The fraction of sp³-hybridized carbons (Fsp3) is 0.966. The van der Waals surface area contributed by atoms with Gasteiger partial charge in [-0.15, -0.1) is 0 Å². The summed E-state index contributed by atoms with van der Waals surface area (Å²) in [5.41, 5.74) is 1.51. The Bertz CT molecular complexity index is 805. The summed E-state index contributed by atoms with van der Waals surface area (Å²) in [5.74, 6) is 0.873. The molecule has 0 saturated carbocycles. The predicted octanol–water partition coefficient (Wildman–Crippen LogP) is 19.2. The molecule has 0 aromatic carbocycles. The van der Waals surface area contributed by atoms with E-state index >= 15 is 0 Å². The van der Waals surface area contributed by atoms with E-state index in [-0.39, 0.29) is 0 Å². The molecule has 0 amide bonds. The molecule has 0 heterocycles. The van der Waals surface area contributed by atoms with Crippen LogP contribution in [0.4, 0.5) is 0 Å². The molecule has 0 aliphatic carbocycles. The second-order valence-corrected chi connectivity index (χ2v) is 20.7. The van der Waals surface area contributed by atoms with Gasteiger partial charge in [-0.2, -0.15) is 0 Å². The van der Waals surface area contributed by atoms with E-state index in [1.54, 1.807) is 0 Å². The third-order valence-electron chi connectivity index (χ3n) is 14.3. The maximum Gasteiger partial charge on any atom is 0.0190 e. The molecule has 0 aliphatic rings. The highest BCUT2D eigenvalue weighted by atomic mass is 15.2. The molecule has 3 heteroatoms. The second kappa shape index (κ2) is 51.6. The molecule has 0 saturated heterocycles. The van der Waals surface area contributed by atoms with E-state index < -0.39 is 0 Å². The first-order valence-electron chi connectivity index (χ1n) is 29.4. The maximum absolute atomic E-state index is 4.71. The second-order valence-electron chi connectivity index (χ2n) is 20.7. The molecule has 0 aliphatic heterocycles. The molecule has 1 unspecified atom stereocenters. The van der Waals surface area contributed by atoms with Gasteiger partial charge in [0.2, 0.25) is 0 Å². The summed E-state index contributed by atoms with van der Waals surface area (Å²) in [5, 5.41) is 0. The van der Waals surface area contributed by atoms with Gasteiger partial charge >= 0.3 is 0 Å². The van der Waals surface area contributed by atoms with Crippen LogP contribution in [0.2, 0.25) is 0 Å². The van der Waals surface area contributed by atoms with E-state index in [2.05, 4.69) is 56.2 Å². The Hall–Kier alpha value is -0.380. The van der Waals surface area contributed by atoms with Gasteiger partial charge in [0.25, 0.3) is 0 Å². The Morgan fingerprint density at radius 3 is 0.887 bits per heavy atom. The zero-order chi connectivity index (χ0) is 45.2. The summed E-state index contributed by atoms with van der Waals surface area (Å²) in [7, 11) is 0. The highest BCUT2D eigenvalue weighted by Crippen LogP contribution is 2.22. The van der Waals surface area contributed by atoms with E-state index in [1.807, 2.05) is 0 Å². The summed E-state index contributed by atoms with van der Waals surface area (Å²) in [4.78, 5) is 8.63. The summed E-state index contributed by atoms with van der Waals surface area (Å²) in [6.45, 7) is 30.4. The molecule has 0 aromatic rings. The van der Waals surface area contributed by atoms with Crippen LogP contribution in [0.15, 0.2) is 12.2 Å². The van der Waals surface area contributed by atoms with Crippen molar-refractivity contribution >= 4 is 0 Å². The minimum atomic E-state index is 0.873. The van der Waals surface area contributed by atoms with Gasteiger partial charge in [0.1, 0.15) is 0 Å². The zero-order valence-corrected chi connectivity index (χ0v) is 44.5. The van der Waals surface area contributed by atoms with Crippen molar-refractivity contribution < 1.29 is 0 Å². The first-order valence-corrected chi connectivity index (χ1v) is 29.4. The molecule has 0 bridgehead atoms. The van der Waals surface area contributed by atoms with Crippen LogP contribution in [0.1, 0.15) is 305 Å². The van der Waals surface area contributed by atoms with Crippen molar-refractivity contribution in [2.24, 2.45) is 5.92 Å². The molecule has 0 aromatic heterocycles. The Morgan fingerprint density at radius 2 is 0.565 bits per heavy atom. The van der Waals surface area contributed by atoms with Crippen LogP contribution in [-0.2, 0) is 0 Å². The smallest absolute Gasteiger partial charge is 0.0190 e. The number of rotatable bonds is 54. The number of hydrogen-bond acceptors (Lipinski definition) is 3. The lowest BCUT2D eigenvalue weighted by Crippen LogP contribution is -2.37. The van der Waals surface area contributed by atoms with Gasteiger partial charge in [-0.1, -0.05) is 266 Å². The molecule has 1 atom stereocenters. The molecule has 3 nitrogen and oxygen atoms in total. The molecule has 0 rings (SSSR count). The van der Waals surface area contributed by atoms with Crippen LogP contribution in [0.5, 0.6) is 0 Å². The van der Waals surface area contributed by atoms with Gasteiger partial charge in [-0.25, -0.2) is 0 Å². The van der Waals surface area contributed by atoms with Gasteiger partial charge in [-0.05, 0) is 96.6 Å². The topological polar surface area (TPSA) is 9.72 Å². The van der Waals surface area contributed by atoms with Crippen LogP contribution in [0.25, 0.3) is 0 Å². The highest BCUT2D eigenvalue weighted by molar-refractivity contribution is 4.97. The predicted molar refractivity (Wildman–Crippen MR) is 285 cm³/mol. The van der Waals surface area contributed by atoms with Crippen molar-refractivity contribution in [2.45, 2.75) is 305 Å². The summed E-state index contributed by atoms with van der Waals surface area (Å²) < 4.78 is 0. The van der Waals surface area contributed by atoms with E-state index in [4.69, 9.17) is 6.58 Å². The minimum absolute atomic E-state index is 0.873. The molecule has 62 heavy (non-hydrogen) atoms. The van der Waals surface area contributed by atoms with Gasteiger partial charge in [-0.3, -0.25) is 4.90 Å². The van der Waals surface area contributed by atoms with Crippen molar-refractivity contribution in [1.29, 1.82) is 0 Å². The van der Waals surface area contributed by atoms with E-state index in [0.29, 0.717) is 0 Å². The van der Waals surface area contributed by atoms with Crippen molar-refractivity contribution in [1.82, 2.24) is 14.7 Å². The number of nitrogens with zero attached hydrogens (tertiary/aromatic N) is 3. The summed E-state index contributed by atoms with van der Waals surface area (Å²) in [6.07, 6.45) is 57.6. The molecular weight excluding hydrogens is 751 g/mol. The van der Waals surface area contributed by atoms with E-state index in [0.717, 1.165) is 12.5 Å². The number of unbranched alkanes of at least 4 members (excludes halogenated alkanes) is 30.